The van der Waals surface area contributed by atoms with E-state index >= 15 is 0 Å². The van der Waals surface area contributed by atoms with E-state index in [1.807, 2.05) is 36.4 Å². The molecule has 1 heterocycles. The maximum atomic E-state index is 13.3. The Morgan fingerprint density at radius 3 is 2.48 bits per heavy atom. The van der Waals surface area contributed by atoms with Gasteiger partial charge >= 0.3 is 0 Å². The molecule has 3 aromatic rings. The monoisotopic (exact) mass is 390 g/mol. The summed E-state index contributed by atoms with van der Waals surface area (Å²) in [5, 5.41) is 11.2. The van der Waals surface area contributed by atoms with E-state index in [0.29, 0.717) is 17.2 Å². The molecule has 0 N–H and O–H groups in total. The van der Waals surface area contributed by atoms with Crippen molar-refractivity contribution >= 4 is 17.3 Å². The summed E-state index contributed by atoms with van der Waals surface area (Å²) in [7, 11) is 0. The Morgan fingerprint density at radius 2 is 1.72 bits per heavy atom. The lowest BCUT2D eigenvalue weighted by Gasteiger charge is -2.31. The molecule has 0 spiro atoms. The largest absolute Gasteiger partial charge is 0.485 e. The molecule has 1 unspecified atom stereocenters. The number of rotatable bonds is 5. The summed E-state index contributed by atoms with van der Waals surface area (Å²) in [6.07, 6.45) is -0.854. The van der Waals surface area contributed by atoms with Crippen molar-refractivity contribution < 1.29 is 19.2 Å². The van der Waals surface area contributed by atoms with Gasteiger partial charge in [-0.3, -0.25) is 14.9 Å². The van der Waals surface area contributed by atoms with Crippen LogP contribution in [-0.4, -0.2) is 23.5 Å². The number of carbonyl (C=O) groups excluding carboxylic acids is 1. The number of non-ortho nitro benzene ring substituents is 1. The zero-order chi connectivity index (χ0) is 20.2. The highest BCUT2D eigenvalue weighted by Crippen LogP contribution is 2.32. The Kier molecular flexibility index (Phi) is 5.11. The van der Waals surface area contributed by atoms with E-state index < -0.39 is 11.0 Å². The molecule has 0 radical (unpaired) electrons. The summed E-state index contributed by atoms with van der Waals surface area (Å²) in [4.78, 5) is 25.6. The zero-order valence-electron chi connectivity index (χ0n) is 15.4. The first kappa shape index (κ1) is 18.5. The van der Waals surface area contributed by atoms with Gasteiger partial charge in [0.25, 0.3) is 11.6 Å². The molecule has 1 aliphatic rings. The lowest BCUT2D eigenvalue weighted by atomic mass is 10.1. The van der Waals surface area contributed by atoms with Crippen LogP contribution in [-0.2, 0) is 11.3 Å². The van der Waals surface area contributed by atoms with Crippen molar-refractivity contribution in [3.63, 3.8) is 0 Å². The zero-order valence-corrected chi connectivity index (χ0v) is 15.4. The molecule has 0 bridgehead atoms. The van der Waals surface area contributed by atoms with Gasteiger partial charge in [-0.1, -0.05) is 48.5 Å². The van der Waals surface area contributed by atoms with E-state index in [-0.39, 0.29) is 24.7 Å². The third-order valence-corrected chi connectivity index (χ3v) is 4.59. The van der Waals surface area contributed by atoms with Crippen LogP contribution in [0.1, 0.15) is 5.56 Å². The summed E-state index contributed by atoms with van der Waals surface area (Å²) in [6.45, 7) is 0.318. The van der Waals surface area contributed by atoms with E-state index in [1.165, 1.54) is 17.0 Å². The van der Waals surface area contributed by atoms with Crippen LogP contribution in [0.25, 0.3) is 0 Å². The van der Waals surface area contributed by atoms with Crippen LogP contribution in [0.5, 0.6) is 11.5 Å². The molecule has 4 rings (SSSR count). The number of benzene rings is 3. The summed E-state index contributed by atoms with van der Waals surface area (Å²) in [5.74, 6) is 0.751. The SMILES string of the molecule is O=C(C1COc2ccccc2O1)N(Cc1ccccc1)c1cccc([N+](=O)[O-])c1. The lowest BCUT2D eigenvalue weighted by Crippen LogP contribution is -2.46. The second-order valence-corrected chi connectivity index (χ2v) is 6.55. The molecule has 0 saturated heterocycles. The van der Waals surface area contributed by atoms with Crippen LogP contribution in [0, 0.1) is 10.1 Å². The van der Waals surface area contributed by atoms with Crippen molar-refractivity contribution in [3.05, 3.63) is 94.5 Å². The van der Waals surface area contributed by atoms with Crippen LogP contribution in [0.15, 0.2) is 78.9 Å². The minimum Gasteiger partial charge on any atom is -0.485 e. The number of nitro benzene ring substituents is 1. The van der Waals surface area contributed by atoms with E-state index in [2.05, 4.69) is 0 Å². The molecule has 1 aliphatic heterocycles. The Morgan fingerprint density at radius 1 is 1.00 bits per heavy atom. The quantitative estimate of drug-likeness (QED) is 0.486. The summed E-state index contributed by atoms with van der Waals surface area (Å²) in [6, 6.07) is 22.6. The Labute approximate surface area is 167 Å². The third-order valence-electron chi connectivity index (χ3n) is 4.59. The smallest absolute Gasteiger partial charge is 0.271 e. The molecule has 7 heteroatoms. The summed E-state index contributed by atoms with van der Waals surface area (Å²) in [5.41, 5.74) is 1.24. The van der Waals surface area contributed by atoms with Crippen LogP contribution < -0.4 is 14.4 Å². The number of amides is 1. The molecular weight excluding hydrogens is 372 g/mol. The van der Waals surface area contributed by atoms with E-state index in [4.69, 9.17) is 9.47 Å². The van der Waals surface area contributed by atoms with Crippen molar-refractivity contribution in [1.29, 1.82) is 0 Å². The van der Waals surface area contributed by atoms with Gasteiger partial charge in [0.05, 0.1) is 17.2 Å². The molecule has 0 aliphatic carbocycles. The van der Waals surface area contributed by atoms with E-state index in [1.54, 1.807) is 30.3 Å². The number of fused-ring (bicyclic) bond motifs is 1. The third kappa shape index (κ3) is 4.03. The highest BCUT2D eigenvalue weighted by molar-refractivity contribution is 5.97. The summed E-state index contributed by atoms with van der Waals surface area (Å²) < 4.78 is 11.5. The van der Waals surface area contributed by atoms with Crippen molar-refractivity contribution in [2.45, 2.75) is 12.6 Å². The van der Waals surface area contributed by atoms with Gasteiger partial charge in [0.1, 0.15) is 6.61 Å². The predicted octanol–water partition coefficient (Wildman–Crippen LogP) is 3.97. The van der Waals surface area contributed by atoms with Gasteiger partial charge in [-0.2, -0.15) is 0 Å². The molecule has 1 amide bonds. The fourth-order valence-electron chi connectivity index (χ4n) is 3.15. The lowest BCUT2D eigenvalue weighted by molar-refractivity contribution is -0.384. The minimum atomic E-state index is -0.854. The van der Waals surface area contributed by atoms with Crippen molar-refractivity contribution in [2.24, 2.45) is 0 Å². The van der Waals surface area contributed by atoms with Gasteiger partial charge in [-0.05, 0) is 23.8 Å². The van der Waals surface area contributed by atoms with Gasteiger partial charge in [0, 0.05) is 12.1 Å². The van der Waals surface area contributed by atoms with Gasteiger partial charge < -0.3 is 14.4 Å². The summed E-state index contributed by atoms with van der Waals surface area (Å²) >= 11 is 0. The van der Waals surface area contributed by atoms with E-state index in [0.717, 1.165) is 5.56 Å². The molecule has 3 aromatic carbocycles. The van der Waals surface area contributed by atoms with Crippen LogP contribution in [0.2, 0.25) is 0 Å². The number of ether oxygens (including phenoxy) is 2. The van der Waals surface area contributed by atoms with Crippen LogP contribution in [0.4, 0.5) is 11.4 Å². The standard InChI is InChI=1S/C22H18N2O5/c25-22(21-15-28-19-11-4-5-12-20(19)29-21)23(14-16-7-2-1-3-8-16)17-9-6-10-18(13-17)24(26)27/h1-13,21H,14-15H2. The van der Waals surface area contributed by atoms with Crippen molar-refractivity contribution in [3.8, 4) is 11.5 Å². The number of nitrogens with zero attached hydrogens (tertiary/aromatic N) is 2. The second kappa shape index (κ2) is 8.02. The highest BCUT2D eigenvalue weighted by Gasteiger charge is 2.32. The number of carbonyl (C=O) groups is 1. The maximum absolute atomic E-state index is 13.3. The normalized spacial score (nSPS) is 14.8. The minimum absolute atomic E-state index is 0.0655. The van der Waals surface area contributed by atoms with Gasteiger partial charge in [-0.15, -0.1) is 0 Å². The first-order valence-electron chi connectivity index (χ1n) is 9.10. The van der Waals surface area contributed by atoms with Crippen LogP contribution >= 0.6 is 0 Å². The number of nitro groups is 1. The first-order valence-corrected chi connectivity index (χ1v) is 9.10. The topological polar surface area (TPSA) is 81.9 Å². The predicted molar refractivity (Wildman–Crippen MR) is 107 cm³/mol. The molecule has 0 aromatic heterocycles. The van der Waals surface area contributed by atoms with Gasteiger partial charge in [0.2, 0.25) is 6.10 Å². The number of anilines is 1. The molecule has 1 atom stereocenters. The van der Waals surface area contributed by atoms with Gasteiger partial charge in [-0.25, -0.2) is 0 Å². The highest BCUT2D eigenvalue weighted by atomic mass is 16.6. The average molecular weight is 390 g/mol. The molecule has 0 fully saturated rings. The molecule has 146 valence electrons. The Balaban J connectivity index is 1.65. The maximum Gasteiger partial charge on any atom is 0.271 e. The number of hydrogen-bond acceptors (Lipinski definition) is 5. The van der Waals surface area contributed by atoms with Crippen LogP contribution in [0.3, 0.4) is 0 Å². The fraction of sp³-hybridized carbons (Fsp3) is 0.136. The van der Waals surface area contributed by atoms with Gasteiger partial charge in [0.15, 0.2) is 11.5 Å². The molecule has 7 nitrogen and oxygen atoms in total. The number of hydrogen-bond donors (Lipinski definition) is 0. The Hall–Kier alpha value is -3.87. The second-order valence-electron chi connectivity index (χ2n) is 6.55. The Bertz CT molecular complexity index is 1040. The molecule has 0 saturated carbocycles. The average Bonchev–Trinajstić information content (AvgIpc) is 2.77. The van der Waals surface area contributed by atoms with Crippen molar-refractivity contribution in [2.75, 3.05) is 11.5 Å². The number of para-hydroxylation sites is 2. The molecule has 29 heavy (non-hydrogen) atoms. The van der Waals surface area contributed by atoms with Crippen molar-refractivity contribution in [1.82, 2.24) is 0 Å². The molecular formula is C22H18N2O5. The first-order chi connectivity index (χ1) is 14.1. The fourth-order valence-corrected chi connectivity index (χ4v) is 3.15. The van der Waals surface area contributed by atoms with E-state index in [9.17, 15) is 14.9 Å².